The second-order valence-corrected chi connectivity index (χ2v) is 10.5. The standard InChI is InChI=1S/C24H34ClN3O4/c1-16-14-27(10-11-31-16)22(29)26-9-7-17-12-18(25)13-19(20(17)15-26)21-6-5-8-28(21)23(30)32-24(2,3)4/h12-13,16,21H,5-11,14-15H2,1-4H3/t16-,21+/m1/s1. The molecule has 3 amide bonds. The van der Waals surface area contributed by atoms with Crippen LogP contribution < -0.4 is 0 Å². The average molecular weight is 464 g/mol. The van der Waals surface area contributed by atoms with Crippen LogP contribution in [0.2, 0.25) is 5.02 Å². The van der Waals surface area contributed by atoms with Crippen LogP contribution in [0.3, 0.4) is 0 Å². The van der Waals surface area contributed by atoms with Crippen LogP contribution in [-0.2, 0) is 22.4 Å². The Morgan fingerprint density at radius 2 is 1.94 bits per heavy atom. The second kappa shape index (κ2) is 9.10. The fourth-order valence-electron chi connectivity index (χ4n) is 4.94. The van der Waals surface area contributed by atoms with Gasteiger partial charge in [0.1, 0.15) is 5.60 Å². The number of likely N-dealkylation sites (tertiary alicyclic amines) is 1. The van der Waals surface area contributed by atoms with E-state index in [0.29, 0.717) is 44.4 Å². The fraction of sp³-hybridized carbons (Fsp3) is 0.667. The van der Waals surface area contributed by atoms with Gasteiger partial charge < -0.3 is 24.2 Å². The van der Waals surface area contributed by atoms with Gasteiger partial charge in [0, 0.05) is 37.7 Å². The van der Waals surface area contributed by atoms with Gasteiger partial charge in [0.25, 0.3) is 0 Å². The molecule has 32 heavy (non-hydrogen) atoms. The summed E-state index contributed by atoms with van der Waals surface area (Å²) < 4.78 is 11.3. The number of carbonyl (C=O) groups excluding carboxylic acids is 2. The van der Waals surface area contributed by atoms with Crippen molar-refractivity contribution >= 4 is 23.7 Å². The number of hydrogen-bond donors (Lipinski definition) is 0. The summed E-state index contributed by atoms with van der Waals surface area (Å²) in [6.07, 6.45) is 2.30. The molecular weight excluding hydrogens is 430 g/mol. The molecule has 3 aliphatic heterocycles. The van der Waals surface area contributed by atoms with Gasteiger partial charge in [-0.05, 0) is 75.8 Å². The maximum absolute atomic E-state index is 13.2. The first kappa shape index (κ1) is 23.2. The molecule has 2 atom stereocenters. The number of hydrogen-bond acceptors (Lipinski definition) is 4. The summed E-state index contributed by atoms with van der Waals surface area (Å²) in [4.78, 5) is 31.7. The van der Waals surface area contributed by atoms with Crippen LogP contribution in [-0.4, -0.2) is 71.3 Å². The molecule has 0 unspecified atom stereocenters. The highest BCUT2D eigenvalue weighted by atomic mass is 35.5. The largest absolute Gasteiger partial charge is 0.444 e. The lowest BCUT2D eigenvalue weighted by atomic mass is 9.90. The Kier molecular flexibility index (Phi) is 6.59. The van der Waals surface area contributed by atoms with E-state index >= 15 is 0 Å². The normalized spacial score (nSPS) is 23.8. The first-order valence-corrected chi connectivity index (χ1v) is 12.0. The Bertz CT molecular complexity index is 885. The molecule has 4 rings (SSSR count). The van der Waals surface area contributed by atoms with Crippen LogP contribution in [0, 0.1) is 0 Å². The molecule has 8 heteroatoms. The van der Waals surface area contributed by atoms with E-state index in [-0.39, 0.29) is 24.3 Å². The zero-order chi connectivity index (χ0) is 23.0. The van der Waals surface area contributed by atoms with Crippen molar-refractivity contribution in [3.05, 3.63) is 33.8 Å². The molecule has 2 saturated heterocycles. The van der Waals surface area contributed by atoms with Crippen molar-refractivity contribution in [3.63, 3.8) is 0 Å². The number of fused-ring (bicyclic) bond motifs is 1. The minimum atomic E-state index is -0.545. The van der Waals surface area contributed by atoms with E-state index in [0.717, 1.165) is 30.4 Å². The summed E-state index contributed by atoms with van der Waals surface area (Å²) in [7, 11) is 0. The molecule has 3 aliphatic rings. The van der Waals surface area contributed by atoms with E-state index in [2.05, 4.69) is 0 Å². The number of nitrogens with zero attached hydrogens (tertiary/aromatic N) is 3. The molecule has 1 aromatic carbocycles. The van der Waals surface area contributed by atoms with E-state index in [4.69, 9.17) is 21.1 Å². The van der Waals surface area contributed by atoms with Crippen LogP contribution in [0.25, 0.3) is 0 Å². The van der Waals surface area contributed by atoms with Crippen molar-refractivity contribution in [2.75, 3.05) is 32.8 Å². The quantitative estimate of drug-likeness (QED) is 0.610. The lowest BCUT2D eigenvalue weighted by Gasteiger charge is -2.38. The number of urea groups is 1. The Morgan fingerprint density at radius 3 is 2.66 bits per heavy atom. The molecule has 3 heterocycles. The SMILES string of the molecule is C[C@@H]1CN(C(=O)N2CCc3cc(Cl)cc([C@@H]4CCCN4C(=O)OC(C)(C)C)c3C2)CCO1. The average Bonchev–Trinajstić information content (AvgIpc) is 3.21. The molecule has 0 bridgehead atoms. The summed E-state index contributed by atoms with van der Waals surface area (Å²) in [6.45, 7) is 11.3. The van der Waals surface area contributed by atoms with Crippen LogP contribution in [0.15, 0.2) is 12.1 Å². The summed E-state index contributed by atoms with van der Waals surface area (Å²) in [5.41, 5.74) is 2.79. The van der Waals surface area contributed by atoms with E-state index in [1.54, 1.807) is 0 Å². The highest BCUT2D eigenvalue weighted by Crippen LogP contribution is 2.39. The molecular formula is C24H34ClN3O4. The van der Waals surface area contributed by atoms with Gasteiger partial charge in [0.15, 0.2) is 0 Å². The highest BCUT2D eigenvalue weighted by Gasteiger charge is 2.37. The molecule has 0 radical (unpaired) electrons. The Hall–Kier alpha value is -1.99. The fourth-order valence-corrected chi connectivity index (χ4v) is 5.19. The smallest absolute Gasteiger partial charge is 0.410 e. The second-order valence-electron chi connectivity index (χ2n) is 10.0. The first-order chi connectivity index (χ1) is 15.1. The highest BCUT2D eigenvalue weighted by molar-refractivity contribution is 6.30. The van der Waals surface area contributed by atoms with Crippen molar-refractivity contribution in [3.8, 4) is 0 Å². The third kappa shape index (κ3) is 4.99. The first-order valence-electron chi connectivity index (χ1n) is 11.6. The Morgan fingerprint density at radius 1 is 1.16 bits per heavy atom. The molecule has 0 saturated carbocycles. The van der Waals surface area contributed by atoms with E-state index in [1.807, 2.05) is 54.5 Å². The van der Waals surface area contributed by atoms with Crippen molar-refractivity contribution in [2.45, 2.75) is 71.2 Å². The predicted octanol–water partition coefficient (Wildman–Crippen LogP) is 4.61. The van der Waals surface area contributed by atoms with Gasteiger partial charge in [0.05, 0.1) is 18.8 Å². The van der Waals surface area contributed by atoms with Gasteiger partial charge >= 0.3 is 12.1 Å². The summed E-state index contributed by atoms with van der Waals surface area (Å²) in [5, 5.41) is 0.677. The maximum atomic E-state index is 13.2. The lowest BCUT2D eigenvalue weighted by Crippen LogP contribution is -2.51. The number of amides is 3. The summed E-state index contributed by atoms with van der Waals surface area (Å²) in [5.74, 6) is 0. The van der Waals surface area contributed by atoms with Crippen LogP contribution in [0.4, 0.5) is 9.59 Å². The molecule has 0 spiro atoms. The van der Waals surface area contributed by atoms with E-state index in [9.17, 15) is 9.59 Å². The number of halogens is 1. The minimum Gasteiger partial charge on any atom is -0.444 e. The lowest BCUT2D eigenvalue weighted by molar-refractivity contribution is -0.00976. The third-order valence-electron chi connectivity index (χ3n) is 6.36. The third-order valence-corrected chi connectivity index (χ3v) is 6.58. The van der Waals surface area contributed by atoms with Gasteiger partial charge in [-0.1, -0.05) is 11.6 Å². The Labute approximate surface area is 195 Å². The minimum absolute atomic E-state index is 0.0556. The zero-order valence-electron chi connectivity index (χ0n) is 19.5. The van der Waals surface area contributed by atoms with Crippen molar-refractivity contribution < 1.29 is 19.1 Å². The molecule has 0 aliphatic carbocycles. The number of rotatable bonds is 1. The summed E-state index contributed by atoms with van der Waals surface area (Å²) >= 11 is 6.49. The van der Waals surface area contributed by atoms with Gasteiger partial charge in [-0.15, -0.1) is 0 Å². The number of ether oxygens (including phenoxy) is 2. The van der Waals surface area contributed by atoms with E-state index in [1.165, 1.54) is 5.56 Å². The molecule has 1 aromatic rings. The molecule has 7 nitrogen and oxygen atoms in total. The van der Waals surface area contributed by atoms with Gasteiger partial charge in [-0.3, -0.25) is 0 Å². The van der Waals surface area contributed by atoms with Crippen molar-refractivity contribution in [1.29, 1.82) is 0 Å². The van der Waals surface area contributed by atoms with Gasteiger partial charge in [0.2, 0.25) is 0 Å². The van der Waals surface area contributed by atoms with Gasteiger partial charge in [-0.2, -0.15) is 0 Å². The zero-order valence-corrected chi connectivity index (χ0v) is 20.3. The molecule has 176 valence electrons. The molecule has 0 N–H and O–H groups in total. The number of carbonyl (C=O) groups is 2. The van der Waals surface area contributed by atoms with Crippen LogP contribution >= 0.6 is 11.6 Å². The van der Waals surface area contributed by atoms with Gasteiger partial charge in [-0.25, -0.2) is 9.59 Å². The van der Waals surface area contributed by atoms with Crippen LogP contribution in [0.1, 0.15) is 63.3 Å². The molecule has 0 aromatic heterocycles. The van der Waals surface area contributed by atoms with Crippen molar-refractivity contribution in [2.24, 2.45) is 0 Å². The number of morpholine rings is 1. The predicted molar refractivity (Wildman–Crippen MR) is 123 cm³/mol. The van der Waals surface area contributed by atoms with E-state index < -0.39 is 5.60 Å². The van der Waals surface area contributed by atoms with Crippen LogP contribution in [0.5, 0.6) is 0 Å². The maximum Gasteiger partial charge on any atom is 0.410 e. The number of benzene rings is 1. The Balaban J connectivity index is 1.58. The van der Waals surface area contributed by atoms with Crippen molar-refractivity contribution in [1.82, 2.24) is 14.7 Å². The summed E-state index contributed by atoms with van der Waals surface area (Å²) in [6, 6.07) is 3.95. The topological polar surface area (TPSA) is 62.3 Å². The molecule has 2 fully saturated rings. The monoisotopic (exact) mass is 463 g/mol.